The molecule has 2 aliphatic rings. The first-order chi connectivity index (χ1) is 9.60. The second-order valence-electron chi connectivity index (χ2n) is 6.31. The zero-order valence-electron chi connectivity index (χ0n) is 12.7. The molecule has 3 heterocycles. The molecule has 0 saturated carbocycles. The Balaban J connectivity index is 1.95. The molecule has 0 spiro atoms. The molecule has 0 N–H and O–H groups in total. The molecule has 1 aromatic rings. The molecule has 20 heavy (non-hydrogen) atoms. The zero-order chi connectivity index (χ0) is 14.3. The van der Waals surface area contributed by atoms with Crippen molar-refractivity contribution in [2.24, 2.45) is 0 Å². The summed E-state index contributed by atoms with van der Waals surface area (Å²) in [5.41, 5.74) is 3.56. The normalized spacial score (nSPS) is 26.9. The van der Waals surface area contributed by atoms with Crippen LogP contribution >= 0.6 is 11.6 Å². The number of nitrogens with zero attached hydrogens (tertiary/aromatic N) is 3. The van der Waals surface area contributed by atoms with Crippen molar-refractivity contribution < 1.29 is 0 Å². The monoisotopic (exact) mass is 293 g/mol. The van der Waals surface area contributed by atoms with Crippen LogP contribution in [0.4, 0.5) is 5.82 Å². The lowest BCUT2D eigenvalue weighted by Gasteiger charge is -2.43. The molecule has 4 heteroatoms. The van der Waals surface area contributed by atoms with Crippen LogP contribution in [0, 0.1) is 13.8 Å². The summed E-state index contributed by atoms with van der Waals surface area (Å²) < 4.78 is 0. The number of halogens is 1. The van der Waals surface area contributed by atoms with Gasteiger partial charge in [0.25, 0.3) is 0 Å². The number of alkyl halides is 1. The largest absolute Gasteiger partial charge is 0.351 e. The molecule has 0 aromatic carbocycles. The van der Waals surface area contributed by atoms with Gasteiger partial charge >= 0.3 is 0 Å². The maximum absolute atomic E-state index is 6.19. The van der Waals surface area contributed by atoms with Gasteiger partial charge < -0.3 is 4.90 Å². The average molecular weight is 294 g/mol. The highest BCUT2D eigenvalue weighted by Crippen LogP contribution is 2.31. The minimum Gasteiger partial charge on any atom is -0.351 e. The van der Waals surface area contributed by atoms with E-state index in [1.807, 2.05) is 0 Å². The smallest absolute Gasteiger partial charge is 0.133 e. The van der Waals surface area contributed by atoms with E-state index in [9.17, 15) is 0 Å². The number of aromatic nitrogens is 1. The SMILES string of the molecule is Cc1cc(C)c(CCl)c(N2CC3CCCN3CC2C)n1. The molecule has 3 rings (SSSR count). The van der Waals surface area contributed by atoms with Gasteiger partial charge in [-0.25, -0.2) is 4.98 Å². The van der Waals surface area contributed by atoms with Gasteiger partial charge in [-0.15, -0.1) is 11.6 Å². The molecule has 1 aromatic heterocycles. The minimum atomic E-state index is 0.514. The predicted octanol–water partition coefficient (Wildman–Crippen LogP) is 3.11. The Labute approximate surface area is 126 Å². The Morgan fingerprint density at radius 2 is 2.15 bits per heavy atom. The van der Waals surface area contributed by atoms with Crippen molar-refractivity contribution in [3.8, 4) is 0 Å². The molecule has 2 aliphatic heterocycles. The summed E-state index contributed by atoms with van der Waals surface area (Å²) in [4.78, 5) is 9.95. The Kier molecular flexibility index (Phi) is 3.91. The lowest BCUT2D eigenvalue weighted by Crippen LogP contribution is -2.55. The average Bonchev–Trinajstić information content (AvgIpc) is 2.84. The maximum Gasteiger partial charge on any atom is 0.133 e. The fraction of sp³-hybridized carbons (Fsp3) is 0.688. The van der Waals surface area contributed by atoms with Gasteiger partial charge in [0.05, 0.1) is 5.88 Å². The van der Waals surface area contributed by atoms with Crippen molar-refractivity contribution in [3.63, 3.8) is 0 Å². The van der Waals surface area contributed by atoms with Crippen LogP contribution in [0.1, 0.15) is 36.6 Å². The van der Waals surface area contributed by atoms with Gasteiger partial charge in [0.2, 0.25) is 0 Å². The number of aryl methyl sites for hydroxylation is 2. The lowest BCUT2D eigenvalue weighted by atomic mass is 10.0. The lowest BCUT2D eigenvalue weighted by molar-refractivity contribution is 0.202. The van der Waals surface area contributed by atoms with Crippen molar-refractivity contribution >= 4 is 17.4 Å². The quantitative estimate of drug-likeness (QED) is 0.781. The number of hydrogen-bond acceptors (Lipinski definition) is 3. The Hall–Kier alpha value is -0.800. The number of rotatable bonds is 2. The van der Waals surface area contributed by atoms with Gasteiger partial charge in [-0.05, 0) is 51.8 Å². The summed E-state index contributed by atoms with van der Waals surface area (Å²) in [6, 6.07) is 3.36. The standard InChI is InChI=1S/C16H24ClN3/c1-11-7-12(2)18-16(15(11)8-17)20-10-14-5-4-6-19(14)9-13(20)3/h7,13-14H,4-6,8-10H2,1-3H3. The van der Waals surface area contributed by atoms with Gasteiger partial charge in [-0.1, -0.05) is 0 Å². The third kappa shape index (κ3) is 2.42. The summed E-state index contributed by atoms with van der Waals surface area (Å²) in [6.45, 7) is 10.1. The van der Waals surface area contributed by atoms with E-state index in [0.29, 0.717) is 18.0 Å². The molecule has 2 atom stereocenters. The molecule has 2 fully saturated rings. The summed E-state index contributed by atoms with van der Waals surface area (Å²) in [7, 11) is 0. The fourth-order valence-corrected chi connectivity index (χ4v) is 4.06. The number of pyridine rings is 1. The molecular weight excluding hydrogens is 270 g/mol. The van der Waals surface area contributed by atoms with Crippen molar-refractivity contribution in [2.45, 2.75) is 51.6 Å². The van der Waals surface area contributed by atoms with Crippen molar-refractivity contribution in [2.75, 3.05) is 24.5 Å². The Morgan fingerprint density at radius 3 is 2.90 bits per heavy atom. The first-order valence-electron chi connectivity index (χ1n) is 7.64. The van der Waals surface area contributed by atoms with E-state index >= 15 is 0 Å². The molecule has 0 bridgehead atoms. The van der Waals surface area contributed by atoms with Crippen LogP contribution in [-0.4, -0.2) is 41.6 Å². The third-order valence-electron chi connectivity index (χ3n) is 4.80. The van der Waals surface area contributed by atoms with E-state index < -0.39 is 0 Å². The zero-order valence-corrected chi connectivity index (χ0v) is 13.5. The molecule has 0 aliphatic carbocycles. The highest BCUT2D eigenvalue weighted by atomic mass is 35.5. The topological polar surface area (TPSA) is 19.4 Å². The Morgan fingerprint density at radius 1 is 1.35 bits per heavy atom. The van der Waals surface area contributed by atoms with Crippen LogP contribution in [-0.2, 0) is 5.88 Å². The highest BCUT2D eigenvalue weighted by molar-refractivity contribution is 6.17. The fourth-order valence-electron chi connectivity index (χ4n) is 3.73. The summed E-state index contributed by atoms with van der Waals surface area (Å²) in [5, 5.41) is 0. The van der Waals surface area contributed by atoms with E-state index in [2.05, 4.69) is 36.6 Å². The predicted molar refractivity (Wildman–Crippen MR) is 84.7 cm³/mol. The van der Waals surface area contributed by atoms with Gasteiger partial charge in [-0.3, -0.25) is 4.90 Å². The number of anilines is 1. The molecule has 110 valence electrons. The van der Waals surface area contributed by atoms with E-state index in [4.69, 9.17) is 16.6 Å². The molecule has 0 amide bonds. The second-order valence-corrected chi connectivity index (χ2v) is 6.58. The second kappa shape index (κ2) is 5.53. The first kappa shape index (κ1) is 14.2. The van der Waals surface area contributed by atoms with E-state index in [0.717, 1.165) is 24.6 Å². The third-order valence-corrected chi connectivity index (χ3v) is 5.06. The van der Waals surface area contributed by atoms with E-state index in [1.165, 1.54) is 30.5 Å². The molecule has 0 radical (unpaired) electrons. The van der Waals surface area contributed by atoms with Gasteiger partial charge in [0.15, 0.2) is 0 Å². The highest BCUT2D eigenvalue weighted by Gasteiger charge is 2.35. The molecule has 3 nitrogen and oxygen atoms in total. The van der Waals surface area contributed by atoms with E-state index in [-0.39, 0.29) is 0 Å². The summed E-state index contributed by atoms with van der Waals surface area (Å²) in [6.07, 6.45) is 2.66. The first-order valence-corrected chi connectivity index (χ1v) is 8.17. The van der Waals surface area contributed by atoms with E-state index in [1.54, 1.807) is 0 Å². The van der Waals surface area contributed by atoms with Gasteiger partial charge in [0, 0.05) is 36.4 Å². The van der Waals surface area contributed by atoms with Crippen LogP contribution in [0.5, 0.6) is 0 Å². The van der Waals surface area contributed by atoms with Crippen LogP contribution < -0.4 is 4.90 Å². The van der Waals surface area contributed by atoms with Crippen molar-refractivity contribution in [1.82, 2.24) is 9.88 Å². The Bertz CT molecular complexity index is 503. The summed E-state index contributed by atoms with van der Waals surface area (Å²) >= 11 is 6.19. The molecule has 2 unspecified atom stereocenters. The maximum atomic E-state index is 6.19. The van der Waals surface area contributed by atoms with Gasteiger partial charge in [0.1, 0.15) is 5.82 Å². The number of piperazine rings is 1. The number of fused-ring (bicyclic) bond motifs is 1. The van der Waals surface area contributed by atoms with Crippen molar-refractivity contribution in [3.05, 3.63) is 22.9 Å². The van der Waals surface area contributed by atoms with Crippen molar-refractivity contribution in [1.29, 1.82) is 0 Å². The van der Waals surface area contributed by atoms with Crippen LogP contribution in [0.3, 0.4) is 0 Å². The molecular formula is C16H24ClN3. The molecule has 2 saturated heterocycles. The van der Waals surface area contributed by atoms with Gasteiger partial charge in [-0.2, -0.15) is 0 Å². The van der Waals surface area contributed by atoms with Crippen LogP contribution in [0.25, 0.3) is 0 Å². The minimum absolute atomic E-state index is 0.514. The van der Waals surface area contributed by atoms with Crippen LogP contribution in [0.15, 0.2) is 6.07 Å². The number of hydrogen-bond donors (Lipinski definition) is 0. The van der Waals surface area contributed by atoms with Crippen LogP contribution in [0.2, 0.25) is 0 Å². The summed E-state index contributed by atoms with van der Waals surface area (Å²) in [5.74, 6) is 1.67.